The van der Waals surface area contributed by atoms with Crippen LogP contribution >= 0.6 is 0 Å². The van der Waals surface area contributed by atoms with Crippen molar-refractivity contribution in [1.29, 1.82) is 0 Å². The molecule has 4 unspecified atom stereocenters. The van der Waals surface area contributed by atoms with E-state index in [0.717, 1.165) is 41.0 Å². The van der Waals surface area contributed by atoms with Gasteiger partial charge in [-0.15, -0.1) is 0 Å². The molecule has 0 aliphatic carbocycles. The number of amides is 3. The van der Waals surface area contributed by atoms with Gasteiger partial charge in [0, 0.05) is 29.4 Å². The Morgan fingerprint density at radius 3 is 2.70 bits per heavy atom. The number of carbonyl (C=O) groups is 3. The van der Waals surface area contributed by atoms with E-state index >= 15 is 0 Å². The number of nitrogens with zero attached hydrogens (tertiary/aromatic N) is 3. The molecule has 33 heavy (non-hydrogen) atoms. The summed E-state index contributed by atoms with van der Waals surface area (Å²) >= 11 is 0. The van der Waals surface area contributed by atoms with Gasteiger partial charge in [0.25, 0.3) is 5.69 Å². The van der Waals surface area contributed by atoms with Crippen LogP contribution in [-0.2, 0) is 26.3 Å². The smallest absolute Gasteiger partial charge is 0.271 e. The van der Waals surface area contributed by atoms with Crippen molar-refractivity contribution in [3.8, 4) is 0 Å². The summed E-state index contributed by atoms with van der Waals surface area (Å²) < 4.78 is 0. The van der Waals surface area contributed by atoms with Gasteiger partial charge in [0.1, 0.15) is 5.54 Å². The normalized spacial score (nSPS) is 30.0. The van der Waals surface area contributed by atoms with E-state index < -0.39 is 28.2 Å². The molecule has 0 saturated carbocycles. The first-order valence-corrected chi connectivity index (χ1v) is 11.2. The van der Waals surface area contributed by atoms with Crippen molar-refractivity contribution in [2.75, 3.05) is 16.8 Å². The molecular weight excluding hydrogens is 424 g/mol. The van der Waals surface area contributed by atoms with E-state index in [9.17, 15) is 24.5 Å². The minimum absolute atomic E-state index is 0.175. The van der Waals surface area contributed by atoms with Crippen molar-refractivity contribution < 1.29 is 19.3 Å². The third-order valence-electron chi connectivity index (χ3n) is 7.79. The molecule has 4 heterocycles. The van der Waals surface area contributed by atoms with Gasteiger partial charge in [-0.2, -0.15) is 0 Å². The average molecular weight is 446 g/mol. The number of imide groups is 1. The van der Waals surface area contributed by atoms with E-state index in [1.54, 1.807) is 0 Å². The standard InChI is InChI=1S/C24H22N4O5/c1-2-13-6-3-9-16-20(13)25-23(31)24(16)19-18(17-10-5-11-26(17)24)21(29)27(22(19)30)14-7-4-8-15(12-14)28(32)33/h3-4,6-9,12,17-19H,2,5,10-11H2,1H3,(H,25,31). The van der Waals surface area contributed by atoms with Gasteiger partial charge < -0.3 is 5.32 Å². The van der Waals surface area contributed by atoms with Crippen molar-refractivity contribution in [3.05, 3.63) is 63.7 Å². The second kappa shape index (κ2) is 6.71. The Morgan fingerprint density at radius 1 is 1.15 bits per heavy atom. The number of nitro benzene ring substituents is 1. The van der Waals surface area contributed by atoms with Crippen LogP contribution in [0.5, 0.6) is 0 Å². The molecule has 0 radical (unpaired) electrons. The minimum Gasteiger partial charge on any atom is -0.324 e. The van der Waals surface area contributed by atoms with Crippen LogP contribution in [-0.4, -0.2) is 40.1 Å². The second-order valence-corrected chi connectivity index (χ2v) is 9.11. The lowest BCUT2D eigenvalue weighted by molar-refractivity contribution is -0.384. The van der Waals surface area contributed by atoms with Gasteiger partial charge >= 0.3 is 0 Å². The monoisotopic (exact) mass is 446 g/mol. The maximum Gasteiger partial charge on any atom is 0.271 e. The molecule has 9 nitrogen and oxygen atoms in total. The van der Waals surface area contributed by atoms with E-state index in [0.29, 0.717) is 6.54 Å². The highest BCUT2D eigenvalue weighted by molar-refractivity contribution is 6.26. The number of nitrogens with one attached hydrogen (secondary N) is 1. The van der Waals surface area contributed by atoms with Crippen molar-refractivity contribution in [3.63, 3.8) is 0 Å². The number of anilines is 2. The molecule has 0 bridgehead atoms. The maximum absolute atomic E-state index is 13.9. The molecule has 0 aromatic heterocycles. The van der Waals surface area contributed by atoms with Crippen molar-refractivity contribution in [2.45, 2.75) is 37.8 Å². The molecule has 9 heteroatoms. The van der Waals surface area contributed by atoms with Gasteiger partial charge in [-0.25, -0.2) is 4.90 Å². The zero-order valence-corrected chi connectivity index (χ0v) is 18.0. The summed E-state index contributed by atoms with van der Waals surface area (Å²) in [5.41, 5.74) is 1.23. The Kier molecular flexibility index (Phi) is 4.08. The van der Waals surface area contributed by atoms with Gasteiger partial charge in [0.15, 0.2) is 0 Å². The summed E-state index contributed by atoms with van der Waals surface area (Å²) in [7, 11) is 0. The summed E-state index contributed by atoms with van der Waals surface area (Å²) in [6.45, 7) is 2.65. The van der Waals surface area contributed by atoms with Gasteiger partial charge in [-0.1, -0.05) is 31.2 Å². The molecule has 3 amide bonds. The summed E-state index contributed by atoms with van der Waals surface area (Å²) in [4.78, 5) is 55.2. The molecule has 4 atom stereocenters. The van der Waals surface area contributed by atoms with Crippen LogP contribution in [0, 0.1) is 22.0 Å². The van der Waals surface area contributed by atoms with Gasteiger partial charge in [-0.3, -0.25) is 29.4 Å². The Morgan fingerprint density at radius 2 is 1.94 bits per heavy atom. The molecule has 1 N–H and O–H groups in total. The van der Waals surface area contributed by atoms with Crippen LogP contribution < -0.4 is 10.2 Å². The summed E-state index contributed by atoms with van der Waals surface area (Å²) in [5, 5.41) is 14.3. The number of carbonyl (C=O) groups excluding carboxylic acids is 3. The van der Waals surface area contributed by atoms with Crippen molar-refractivity contribution >= 4 is 34.8 Å². The lowest BCUT2D eigenvalue weighted by Gasteiger charge is -2.36. The Bertz CT molecular complexity index is 1260. The molecular formula is C24H22N4O5. The SMILES string of the molecule is CCc1cccc2c1NC(=O)C21C2C(=O)N(c3cccc([N+](=O)[O-])c3)C(=O)C2C2CCCN21. The average Bonchev–Trinajstić information content (AvgIpc) is 3.51. The van der Waals surface area contributed by atoms with Gasteiger partial charge in [-0.05, 0) is 37.4 Å². The van der Waals surface area contributed by atoms with Crippen LogP contribution in [0.4, 0.5) is 17.1 Å². The van der Waals surface area contributed by atoms with E-state index in [1.807, 2.05) is 25.1 Å². The molecule has 2 aromatic rings. The fraction of sp³-hybridized carbons (Fsp3) is 0.375. The number of nitro groups is 1. The lowest BCUT2D eigenvalue weighted by atomic mass is 9.75. The first-order valence-electron chi connectivity index (χ1n) is 11.2. The van der Waals surface area contributed by atoms with Crippen molar-refractivity contribution in [1.82, 2.24) is 4.90 Å². The molecule has 4 aliphatic rings. The fourth-order valence-electron chi connectivity index (χ4n) is 6.59. The first kappa shape index (κ1) is 20.0. The molecule has 3 fully saturated rings. The number of benzene rings is 2. The van der Waals surface area contributed by atoms with E-state index in [1.165, 1.54) is 24.3 Å². The first-order chi connectivity index (χ1) is 15.9. The summed E-state index contributed by atoms with van der Waals surface area (Å²) in [6.07, 6.45) is 2.29. The van der Waals surface area contributed by atoms with E-state index in [2.05, 4.69) is 10.2 Å². The number of aryl methyl sites for hydroxylation is 1. The summed E-state index contributed by atoms with van der Waals surface area (Å²) in [5.74, 6) is -2.65. The van der Waals surface area contributed by atoms with Crippen molar-refractivity contribution in [2.24, 2.45) is 11.8 Å². The van der Waals surface area contributed by atoms with E-state index in [-0.39, 0.29) is 29.2 Å². The Balaban J connectivity index is 1.54. The van der Waals surface area contributed by atoms with Gasteiger partial charge in [0.2, 0.25) is 17.7 Å². The zero-order chi connectivity index (χ0) is 23.1. The highest BCUT2D eigenvalue weighted by Crippen LogP contribution is 2.61. The molecule has 1 spiro atoms. The Hall–Kier alpha value is -3.59. The predicted octanol–water partition coefficient (Wildman–Crippen LogP) is 2.59. The number of fused-ring (bicyclic) bond motifs is 7. The van der Waals surface area contributed by atoms with Crippen LogP contribution in [0.25, 0.3) is 0 Å². The highest BCUT2D eigenvalue weighted by atomic mass is 16.6. The number of hydrogen-bond acceptors (Lipinski definition) is 6. The molecule has 3 saturated heterocycles. The second-order valence-electron chi connectivity index (χ2n) is 9.11. The molecule has 6 rings (SSSR count). The Labute approximate surface area is 189 Å². The third-order valence-corrected chi connectivity index (χ3v) is 7.79. The maximum atomic E-state index is 13.9. The zero-order valence-electron chi connectivity index (χ0n) is 18.0. The van der Waals surface area contributed by atoms with Gasteiger partial charge in [0.05, 0.1) is 22.4 Å². The number of rotatable bonds is 3. The third kappa shape index (κ3) is 2.32. The number of para-hydroxylation sites is 1. The predicted molar refractivity (Wildman–Crippen MR) is 118 cm³/mol. The summed E-state index contributed by atoms with van der Waals surface area (Å²) in [6, 6.07) is 11.1. The molecule has 168 valence electrons. The quantitative estimate of drug-likeness (QED) is 0.441. The van der Waals surface area contributed by atoms with Crippen LogP contribution in [0.2, 0.25) is 0 Å². The fourth-order valence-corrected chi connectivity index (χ4v) is 6.59. The number of hydrogen-bond donors (Lipinski definition) is 1. The van der Waals surface area contributed by atoms with Crippen LogP contribution in [0.1, 0.15) is 30.9 Å². The number of non-ortho nitro benzene ring substituents is 1. The lowest BCUT2D eigenvalue weighted by Crippen LogP contribution is -2.54. The highest BCUT2D eigenvalue weighted by Gasteiger charge is 2.74. The minimum atomic E-state index is -1.24. The molecule has 4 aliphatic heterocycles. The van der Waals surface area contributed by atoms with E-state index in [4.69, 9.17) is 0 Å². The largest absolute Gasteiger partial charge is 0.324 e. The van der Waals surface area contributed by atoms with Crippen LogP contribution in [0.15, 0.2) is 42.5 Å². The van der Waals surface area contributed by atoms with Crippen LogP contribution in [0.3, 0.4) is 0 Å². The molecule has 2 aromatic carbocycles. The topological polar surface area (TPSA) is 113 Å².